The second kappa shape index (κ2) is 5.19. The molecule has 2 heterocycles. The third-order valence-corrected chi connectivity index (χ3v) is 7.45. The van der Waals surface area contributed by atoms with Crippen LogP contribution in [0.3, 0.4) is 0 Å². The van der Waals surface area contributed by atoms with Gasteiger partial charge in [0.15, 0.2) is 5.76 Å². The third kappa shape index (κ3) is 1.82. The molecule has 3 aliphatic carbocycles. The maximum Gasteiger partial charge on any atom is 0.342 e. The molecule has 0 spiro atoms. The van der Waals surface area contributed by atoms with Gasteiger partial charge in [-0.25, -0.2) is 4.79 Å². The van der Waals surface area contributed by atoms with Crippen molar-refractivity contribution in [2.24, 2.45) is 11.3 Å². The largest absolute Gasteiger partial charge is 0.460 e. The molecule has 6 heteroatoms. The zero-order chi connectivity index (χ0) is 19.1. The molecule has 0 amide bonds. The number of ketones is 2. The molecule has 1 saturated carbocycles. The number of cyclic esters (lactones) is 1. The molecule has 142 valence electrons. The van der Waals surface area contributed by atoms with Crippen LogP contribution in [0.1, 0.15) is 66.0 Å². The molecule has 0 bridgehead atoms. The molecular weight excluding hydrogens is 348 g/mol. The zero-order valence-corrected chi connectivity index (χ0v) is 15.7. The van der Waals surface area contributed by atoms with Gasteiger partial charge in [-0.2, -0.15) is 0 Å². The van der Waals surface area contributed by atoms with E-state index in [0.29, 0.717) is 42.4 Å². The summed E-state index contributed by atoms with van der Waals surface area (Å²) < 4.78 is 16.7. The molecule has 0 radical (unpaired) electrons. The Kier molecular flexibility index (Phi) is 3.25. The monoisotopic (exact) mass is 370 g/mol. The van der Waals surface area contributed by atoms with Gasteiger partial charge in [-0.05, 0) is 31.8 Å². The van der Waals surface area contributed by atoms with Gasteiger partial charge in [0.05, 0.1) is 12.0 Å². The fraction of sp³-hybridized carbons (Fsp3) is 0.571. The Bertz CT molecular complexity index is 936. The van der Waals surface area contributed by atoms with Crippen LogP contribution in [0.25, 0.3) is 0 Å². The van der Waals surface area contributed by atoms with Crippen LogP contribution in [0.4, 0.5) is 0 Å². The van der Waals surface area contributed by atoms with E-state index in [9.17, 15) is 14.4 Å². The van der Waals surface area contributed by atoms with Gasteiger partial charge in [0, 0.05) is 36.0 Å². The van der Waals surface area contributed by atoms with Crippen molar-refractivity contribution in [1.82, 2.24) is 0 Å². The zero-order valence-electron chi connectivity index (χ0n) is 15.7. The summed E-state index contributed by atoms with van der Waals surface area (Å²) in [7, 11) is 1.57. The van der Waals surface area contributed by atoms with Crippen LogP contribution < -0.4 is 0 Å². The quantitative estimate of drug-likeness (QED) is 0.744. The molecule has 4 aliphatic rings. The molecule has 0 unspecified atom stereocenters. The van der Waals surface area contributed by atoms with Crippen molar-refractivity contribution in [2.75, 3.05) is 13.7 Å². The van der Waals surface area contributed by atoms with Gasteiger partial charge >= 0.3 is 5.97 Å². The van der Waals surface area contributed by atoms with Crippen molar-refractivity contribution in [2.45, 2.75) is 51.0 Å². The minimum atomic E-state index is -0.669. The Morgan fingerprint density at radius 2 is 2.00 bits per heavy atom. The molecule has 0 N–H and O–H groups in total. The maximum absolute atomic E-state index is 13.4. The van der Waals surface area contributed by atoms with Crippen molar-refractivity contribution in [3.05, 3.63) is 34.3 Å². The molecule has 27 heavy (non-hydrogen) atoms. The summed E-state index contributed by atoms with van der Waals surface area (Å²) in [5, 5.41) is 0. The summed E-state index contributed by atoms with van der Waals surface area (Å²) >= 11 is 0. The van der Waals surface area contributed by atoms with E-state index in [2.05, 4.69) is 0 Å². The van der Waals surface area contributed by atoms with Gasteiger partial charge in [-0.3, -0.25) is 9.59 Å². The summed E-state index contributed by atoms with van der Waals surface area (Å²) in [6.07, 6.45) is 3.36. The minimum absolute atomic E-state index is 0.0967. The van der Waals surface area contributed by atoms with Gasteiger partial charge < -0.3 is 13.9 Å². The summed E-state index contributed by atoms with van der Waals surface area (Å²) in [6, 6.07) is 0. The van der Waals surface area contributed by atoms with Crippen LogP contribution in [0.5, 0.6) is 0 Å². The van der Waals surface area contributed by atoms with E-state index >= 15 is 0 Å². The number of allylic oxidation sites excluding steroid dienone is 1. The topological polar surface area (TPSA) is 82.8 Å². The summed E-state index contributed by atoms with van der Waals surface area (Å²) in [4.78, 5) is 38.4. The van der Waals surface area contributed by atoms with Gasteiger partial charge in [-0.1, -0.05) is 6.92 Å². The Labute approximate surface area is 156 Å². The van der Waals surface area contributed by atoms with Gasteiger partial charge in [0.1, 0.15) is 23.7 Å². The van der Waals surface area contributed by atoms with E-state index in [0.717, 1.165) is 5.57 Å². The van der Waals surface area contributed by atoms with E-state index in [1.165, 1.54) is 6.26 Å². The van der Waals surface area contributed by atoms with Crippen molar-refractivity contribution in [1.29, 1.82) is 0 Å². The smallest absolute Gasteiger partial charge is 0.342 e. The van der Waals surface area contributed by atoms with Gasteiger partial charge in [0.25, 0.3) is 0 Å². The lowest BCUT2D eigenvalue weighted by Crippen LogP contribution is -2.53. The molecule has 4 atom stereocenters. The number of rotatable bonds is 2. The maximum atomic E-state index is 13.4. The molecule has 6 nitrogen and oxygen atoms in total. The average Bonchev–Trinajstić information content (AvgIpc) is 3.21. The lowest BCUT2D eigenvalue weighted by Gasteiger charge is -2.49. The number of carbonyl (C=O) groups is 3. The highest BCUT2D eigenvalue weighted by molar-refractivity contribution is 6.14. The molecule has 1 aliphatic heterocycles. The number of hydrogen-bond acceptors (Lipinski definition) is 6. The van der Waals surface area contributed by atoms with E-state index in [4.69, 9.17) is 13.9 Å². The normalized spacial score (nSPS) is 37.1. The Morgan fingerprint density at radius 1 is 1.22 bits per heavy atom. The number of Topliss-reactive ketones (excluding diaryl/α,β-unsaturated/α-hetero) is 2. The van der Waals surface area contributed by atoms with E-state index in [1.54, 1.807) is 7.11 Å². The predicted octanol–water partition coefficient (Wildman–Crippen LogP) is 2.99. The fourth-order valence-corrected chi connectivity index (χ4v) is 5.90. The van der Waals surface area contributed by atoms with Crippen molar-refractivity contribution < 1.29 is 28.3 Å². The van der Waals surface area contributed by atoms with E-state index in [1.807, 2.05) is 13.8 Å². The van der Waals surface area contributed by atoms with Crippen LogP contribution in [0.15, 0.2) is 21.8 Å². The van der Waals surface area contributed by atoms with E-state index < -0.39 is 22.9 Å². The van der Waals surface area contributed by atoms with Crippen LogP contribution in [-0.4, -0.2) is 37.4 Å². The highest BCUT2D eigenvalue weighted by Gasteiger charge is 2.61. The summed E-state index contributed by atoms with van der Waals surface area (Å²) in [5.41, 5.74) is 1.52. The summed E-state index contributed by atoms with van der Waals surface area (Å²) in [6.45, 7) is 4.24. The van der Waals surface area contributed by atoms with Crippen molar-refractivity contribution in [3.8, 4) is 0 Å². The SMILES string of the molecule is COC[C@H]1OC(=O)c2coc3c2[C@@]1(C)C1=C(C3=O)[C@@H]2CCC(=O)[C@@]2(C)CC1. The molecule has 1 fully saturated rings. The Morgan fingerprint density at radius 3 is 2.74 bits per heavy atom. The van der Waals surface area contributed by atoms with Crippen LogP contribution >= 0.6 is 0 Å². The number of methoxy groups -OCH3 is 1. The van der Waals surface area contributed by atoms with E-state index in [-0.39, 0.29) is 29.9 Å². The number of ether oxygens (including phenoxy) is 2. The Balaban J connectivity index is 1.78. The van der Waals surface area contributed by atoms with Crippen LogP contribution in [0, 0.1) is 11.3 Å². The molecule has 1 aromatic rings. The average molecular weight is 370 g/mol. The minimum Gasteiger partial charge on any atom is -0.460 e. The first-order valence-corrected chi connectivity index (χ1v) is 9.47. The first-order chi connectivity index (χ1) is 12.8. The van der Waals surface area contributed by atoms with Crippen molar-refractivity contribution in [3.63, 3.8) is 0 Å². The highest BCUT2D eigenvalue weighted by Crippen LogP contribution is 2.60. The lowest BCUT2D eigenvalue weighted by atomic mass is 9.55. The standard InChI is InChI=1S/C21H22O6/c1-20-7-6-12-15(11(20)4-5-13(20)22)17(23)18-16-10(8-26-18)19(24)27-14(9-25-3)21(12,16)2/h8,11,14H,4-7,9H2,1-3H3/t11-,14+,20-,21-/m0/s1. The number of esters is 1. The lowest BCUT2D eigenvalue weighted by molar-refractivity contribution is -0.126. The second-order valence-corrected chi connectivity index (χ2v) is 8.56. The van der Waals surface area contributed by atoms with Crippen molar-refractivity contribution >= 4 is 17.5 Å². The summed E-state index contributed by atoms with van der Waals surface area (Å²) in [5.74, 6) is -0.270. The number of carbonyl (C=O) groups excluding carboxylic acids is 3. The molecule has 5 rings (SSSR count). The van der Waals surface area contributed by atoms with Gasteiger partial charge in [0.2, 0.25) is 5.78 Å². The molecule has 0 aromatic carbocycles. The predicted molar refractivity (Wildman–Crippen MR) is 93.6 cm³/mol. The Hall–Kier alpha value is -2.21. The third-order valence-electron chi connectivity index (χ3n) is 7.45. The van der Waals surface area contributed by atoms with Crippen LogP contribution in [0.2, 0.25) is 0 Å². The van der Waals surface area contributed by atoms with Gasteiger partial charge in [-0.15, -0.1) is 0 Å². The number of furan rings is 1. The second-order valence-electron chi connectivity index (χ2n) is 8.56. The van der Waals surface area contributed by atoms with Crippen LogP contribution in [-0.2, 0) is 19.7 Å². The number of hydrogen-bond donors (Lipinski definition) is 0. The molecule has 1 aromatic heterocycles. The fourth-order valence-electron chi connectivity index (χ4n) is 5.90. The number of fused-ring (bicyclic) bond motifs is 3. The molecular formula is C21H22O6. The highest BCUT2D eigenvalue weighted by atomic mass is 16.6. The molecule has 0 saturated heterocycles. The first-order valence-electron chi connectivity index (χ1n) is 9.47. The first kappa shape index (κ1) is 16.9.